The average Bonchev–Trinajstić information content (AvgIpc) is 3.00. The van der Waals surface area contributed by atoms with Crippen LogP contribution in [0.15, 0.2) is 41.8 Å². The molecule has 4 N–H and O–H groups in total. The Bertz CT molecular complexity index is 531. The molecule has 1 aromatic carbocycles. The molecule has 0 amide bonds. The highest BCUT2D eigenvalue weighted by Gasteiger charge is 2.15. The Morgan fingerprint density at radius 2 is 2.19 bits per heavy atom. The fourth-order valence-corrected chi connectivity index (χ4v) is 2.87. The van der Waals surface area contributed by atoms with Crippen LogP contribution in [0.1, 0.15) is 10.4 Å². The highest BCUT2D eigenvalue weighted by atomic mass is 32.1. The van der Waals surface area contributed by atoms with Crippen LogP contribution in [0.25, 0.3) is 0 Å². The summed E-state index contributed by atoms with van der Waals surface area (Å²) in [4.78, 5) is 1.20. The lowest BCUT2D eigenvalue weighted by Crippen LogP contribution is -2.42. The Labute approximate surface area is 129 Å². The van der Waals surface area contributed by atoms with E-state index < -0.39 is 6.10 Å². The van der Waals surface area contributed by atoms with Crippen molar-refractivity contribution in [3.05, 3.63) is 52.2 Å². The fraction of sp³-hybridized carbons (Fsp3) is 0.375. The molecule has 0 fully saturated rings. The molecular weight excluding hydrogens is 284 g/mol. The molecule has 0 aliphatic carbocycles. The molecule has 0 radical (unpaired) electrons. The lowest BCUT2D eigenvalue weighted by Gasteiger charge is -2.19. The van der Waals surface area contributed by atoms with Crippen LogP contribution in [-0.4, -0.2) is 30.9 Å². The molecule has 1 heterocycles. The second-order valence-corrected chi connectivity index (χ2v) is 6.03. The number of aliphatic hydroxyl groups is 1. The van der Waals surface area contributed by atoms with Crippen molar-refractivity contribution in [2.24, 2.45) is 5.73 Å². The van der Waals surface area contributed by atoms with Crippen molar-refractivity contribution in [3.8, 4) is 5.75 Å². The van der Waals surface area contributed by atoms with E-state index >= 15 is 0 Å². The first-order valence-electron chi connectivity index (χ1n) is 6.98. The van der Waals surface area contributed by atoms with Crippen molar-refractivity contribution in [1.29, 1.82) is 0 Å². The quantitative estimate of drug-likeness (QED) is 0.695. The third kappa shape index (κ3) is 5.13. The zero-order valence-corrected chi connectivity index (χ0v) is 13.0. The first-order valence-corrected chi connectivity index (χ1v) is 7.86. The first kappa shape index (κ1) is 16.0. The van der Waals surface area contributed by atoms with Crippen molar-refractivity contribution < 1.29 is 9.84 Å². The number of methoxy groups -OCH3 is 1. The highest BCUT2D eigenvalue weighted by Crippen LogP contribution is 2.13. The average molecular weight is 306 g/mol. The van der Waals surface area contributed by atoms with Gasteiger partial charge in [0.25, 0.3) is 0 Å². The Hall–Kier alpha value is -1.40. The van der Waals surface area contributed by atoms with Gasteiger partial charge in [0.2, 0.25) is 0 Å². The molecule has 0 aliphatic heterocycles. The number of hydrogen-bond acceptors (Lipinski definition) is 5. The van der Waals surface area contributed by atoms with E-state index in [1.54, 1.807) is 18.4 Å². The maximum Gasteiger partial charge on any atom is 0.119 e. The number of nitrogens with one attached hydrogen (secondary N) is 1. The van der Waals surface area contributed by atoms with E-state index in [2.05, 4.69) is 5.32 Å². The maximum absolute atomic E-state index is 10.1. The summed E-state index contributed by atoms with van der Waals surface area (Å²) in [5.74, 6) is 0.837. The number of thiophene rings is 1. The van der Waals surface area contributed by atoms with Crippen LogP contribution in [0, 0.1) is 0 Å². The van der Waals surface area contributed by atoms with Crippen LogP contribution in [0.3, 0.4) is 0 Å². The van der Waals surface area contributed by atoms with E-state index in [-0.39, 0.29) is 6.04 Å². The van der Waals surface area contributed by atoms with Crippen LogP contribution >= 0.6 is 11.3 Å². The molecule has 0 unspecified atom stereocenters. The highest BCUT2D eigenvalue weighted by molar-refractivity contribution is 7.09. The monoisotopic (exact) mass is 306 g/mol. The van der Waals surface area contributed by atoms with E-state index in [9.17, 15) is 5.11 Å². The fourth-order valence-electron chi connectivity index (χ4n) is 2.10. The summed E-state index contributed by atoms with van der Waals surface area (Å²) >= 11 is 1.67. The van der Waals surface area contributed by atoms with Crippen LogP contribution in [-0.2, 0) is 13.0 Å². The molecule has 21 heavy (non-hydrogen) atoms. The van der Waals surface area contributed by atoms with Crippen LogP contribution < -0.4 is 15.8 Å². The van der Waals surface area contributed by atoms with Gasteiger partial charge in [-0.3, -0.25) is 0 Å². The second-order valence-electron chi connectivity index (χ2n) is 5.00. The number of aliphatic hydroxyl groups excluding tert-OH is 1. The van der Waals surface area contributed by atoms with E-state index in [1.807, 2.05) is 41.8 Å². The van der Waals surface area contributed by atoms with Crippen molar-refractivity contribution >= 4 is 11.3 Å². The summed E-state index contributed by atoms with van der Waals surface area (Å²) in [7, 11) is 1.65. The Balaban J connectivity index is 1.74. The van der Waals surface area contributed by atoms with E-state index in [4.69, 9.17) is 10.5 Å². The molecule has 2 atom stereocenters. The molecule has 0 saturated heterocycles. The Kier molecular flexibility index (Phi) is 6.20. The van der Waals surface area contributed by atoms with E-state index in [0.29, 0.717) is 19.5 Å². The second kappa shape index (κ2) is 8.14. The van der Waals surface area contributed by atoms with Gasteiger partial charge in [-0.2, -0.15) is 0 Å². The van der Waals surface area contributed by atoms with Crippen molar-refractivity contribution in [1.82, 2.24) is 5.32 Å². The minimum Gasteiger partial charge on any atom is -0.497 e. The molecule has 4 nitrogen and oxygen atoms in total. The third-order valence-corrected chi connectivity index (χ3v) is 4.23. The number of benzene rings is 1. The number of nitrogens with two attached hydrogens (primary N) is 1. The van der Waals surface area contributed by atoms with Gasteiger partial charge in [0.15, 0.2) is 0 Å². The van der Waals surface area contributed by atoms with E-state index in [0.717, 1.165) is 11.3 Å². The van der Waals surface area contributed by atoms with Gasteiger partial charge < -0.3 is 20.9 Å². The van der Waals surface area contributed by atoms with Crippen LogP contribution in [0.2, 0.25) is 0 Å². The molecule has 2 aromatic rings. The minimum absolute atomic E-state index is 0.249. The summed E-state index contributed by atoms with van der Waals surface area (Å²) in [6.45, 7) is 1.16. The van der Waals surface area contributed by atoms with Crippen molar-refractivity contribution in [3.63, 3.8) is 0 Å². The van der Waals surface area contributed by atoms with Crippen LogP contribution in [0.4, 0.5) is 0 Å². The lowest BCUT2D eigenvalue weighted by molar-refractivity contribution is 0.142. The van der Waals surface area contributed by atoms with Crippen molar-refractivity contribution in [2.45, 2.75) is 25.1 Å². The lowest BCUT2D eigenvalue weighted by atomic mass is 10.1. The van der Waals surface area contributed by atoms with Gasteiger partial charge in [-0.05, 0) is 35.6 Å². The normalized spacial score (nSPS) is 13.9. The summed E-state index contributed by atoms with van der Waals surface area (Å²) < 4.78 is 5.18. The topological polar surface area (TPSA) is 67.5 Å². The summed E-state index contributed by atoms with van der Waals surface area (Å²) in [6, 6.07) is 11.7. The van der Waals surface area contributed by atoms with Gasteiger partial charge in [0, 0.05) is 24.0 Å². The molecule has 5 heteroatoms. The first-order chi connectivity index (χ1) is 10.2. The van der Waals surface area contributed by atoms with Crippen LogP contribution in [0.5, 0.6) is 5.75 Å². The summed E-state index contributed by atoms with van der Waals surface area (Å²) in [5, 5.41) is 15.3. The number of hydrogen-bond donors (Lipinski definition) is 3. The van der Waals surface area contributed by atoms with Gasteiger partial charge in [0.05, 0.1) is 13.2 Å². The molecule has 0 bridgehead atoms. The number of rotatable bonds is 8. The van der Waals surface area contributed by atoms with Gasteiger partial charge in [-0.15, -0.1) is 11.3 Å². The van der Waals surface area contributed by atoms with Gasteiger partial charge in [-0.25, -0.2) is 0 Å². The molecule has 114 valence electrons. The number of ether oxygens (including phenoxy) is 1. The van der Waals surface area contributed by atoms with Gasteiger partial charge >= 0.3 is 0 Å². The summed E-state index contributed by atoms with van der Waals surface area (Å²) in [5.41, 5.74) is 7.15. The zero-order valence-electron chi connectivity index (χ0n) is 12.2. The largest absolute Gasteiger partial charge is 0.497 e. The van der Waals surface area contributed by atoms with Gasteiger partial charge in [0.1, 0.15) is 5.75 Å². The van der Waals surface area contributed by atoms with Crippen molar-refractivity contribution in [2.75, 3.05) is 13.7 Å². The Morgan fingerprint density at radius 1 is 1.33 bits per heavy atom. The predicted molar refractivity (Wildman–Crippen MR) is 86.7 cm³/mol. The molecule has 0 spiro atoms. The standard InChI is InChI=1S/C16H22N2O2S/c1-20-13-5-2-4-12(8-13)10-18-11-16(19)15(17)9-14-6-3-7-21-14/h2-8,15-16,18-19H,9-11,17H2,1H3/t15-,16+/m0/s1. The molecule has 0 saturated carbocycles. The predicted octanol–water partition coefficient (Wildman–Crippen LogP) is 1.78. The van der Waals surface area contributed by atoms with E-state index in [1.165, 1.54) is 4.88 Å². The maximum atomic E-state index is 10.1. The third-order valence-electron chi connectivity index (χ3n) is 3.33. The zero-order chi connectivity index (χ0) is 15.1. The minimum atomic E-state index is -0.558. The SMILES string of the molecule is COc1cccc(CNC[C@@H](O)[C@@H](N)Cc2cccs2)c1. The Morgan fingerprint density at radius 3 is 2.90 bits per heavy atom. The smallest absolute Gasteiger partial charge is 0.119 e. The molecule has 1 aromatic heterocycles. The molecule has 0 aliphatic rings. The van der Waals surface area contributed by atoms with Gasteiger partial charge in [-0.1, -0.05) is 18.2 Å². The molecule has 2 rings (SSSR count). The summed E-state index contributed by atoms with van der Waals surface area (Å²) in [6.07, 6.45) is 0.150. The molecular formula is C16H22N2O2S.